The quantitative estimate of drug-likeness (QED) is 0.364. The number of nitrogens with zero attached hydrogens (tertiary/aromatic N) is 1. The number of likely N-dealkylation sites (tertiary alicyclic amines) is 1. The Labute approximate surface area is 180 Å². The predicted molar refractivity (Wildman–Crippen MR) is 128 cm³/mol. The molecular weight excluding hydrogens is 350 g/mol. The van der Waals surface area contributed by atoms with Crippen molar-refractivity contribution in [1.82, 2.24) is 4.90 Å². The predicted octanol–water partition coefficient (Wildman–Crippen LogP) is 7.64. The van der Waals surface area contributed by atoms with Crippen molar-refractivity contribution < 1.29 is 0 Å². The van der Waals surface area contributed by atoms with Crippen LogP contribution in [0.4, 0.5) is 0 Å². The second kappa shape index (κ2) is 10.1. The first-order valence-corrected chi connectivity index (χ1v) is 12.2. The number of rotatable bonds is 9. The van der Waals surface area contributed by atoms with E-state index in [1.165, 1.54) is 57.2 Å². The highest BCUT2D eigenvalue weighted by Gasteiger charge is 2.44. The van der Waals surface area contributed by atoms with Crippen LogP contribution in [0.25, 0.3) is 0 Å². The smallest absolute Gasteiger partial charge is 0.0101 e. The molecule has 29 heavy (non-hydrogen) atoms. The van der Waals surface area contributed by atoms with Crippen LogP contribution in [0.2, 0.25) is 0 Å². The van der Waals surface area contributed by atoms with E-state index >= 15 is 0 Å². The van der Waals surface area contributed by atoms with Gasteiger partial charge in [-0.05, 0) is 88.8 Å². The molecule has 2 aliphatic carbocycles. The molecule has 1 saturated heterocycles. The second-order valence-corrected chi connectivity index (χ2v) is 9.71. The summed E-state index contributed by atoms with van der Waals surface area (Å²) in [6.07, 6.45) is 25.7. The molecule has 3 atom stereocenters. The second-order valence-electron chi connectivity index (χ2n) is 9.71. The first kappa shape index (κ1) is 22.3. The monoisotopic (exact) mass is 393 g/mol. The fourth-order valence-corrected chi connectivity index (χ4v) is 5.19. The Hall–Kier alpha value is -1.34. The Balaban J connectivity index is 1.72. The van der Waals surface area contributed by atoms with Crippen LogP contribution in [0.3, 0.4) is 0 Å². The summed E-state index contributed by atoms with van der Waals surface area (Å²) in [6.45, 7) is 14.3. The molecule has 1 heteroatoms. The van der Waals surface area contributed by atoms with Gasteiger partial charge in [0, 0.05) is 12.0 Å². The minimum Gasteiger partial charge on any atom is -0.300 e. The summed E-state index contributed by atoms with van der Waals surface area (Å²) in [6, 6.07) is 0.658. The lowest BCUT2D eigenvalue weighted by Gasteiger charge is -2.35. The van der Waals surface area contributed by atoms with Crippen molar-refractivity contribution in [3.63, 3.8) is 0 Å². The molecule has 0 aromatic heterocycles. The maximum atomic E-state index is 2.71. The highest BCUT2D eigenvalue weighted by Crippen LogP contribution is 2.56. The normalized spacial score (nSPS) is 28.2. The van der Waals surface area contributed by atoms with Crippen molar-refractivity contribution in [1.29, 1.82) is 0 Å². The van der Waals surface area contributed by atoms with Crippen LogP contribution in [0.1, 0.15) is 79.6 Å². The van der Waals surface area contributed by atoms with Gasteiger partial charge in [0.15, 0.2) is 0 Å². The van der Waals surface area contributed by atoms with Crippen LogP contribution >= 0.6 is 0 Å². The average Bonchev–Trinajstić information content (AvgIpc) is 3.33. The van der Waals surface area contributed by atoms with Crippen LogP contribution < -0.4 is 0 Å². The Kier molecular flexibility index (Phi) is 7.79. The molecule has 3 unspecified atom stereocenters. The lowest BCUT2D eigenvalue weighted by molar-refractivity contribution is 0.180. The summed E-state index contributed by atoms with van der Waals surface area (Å²) in [5.41, 5.74) is 5.13. The summed E-state index contributed by atoms with van der Waals surface area (Å²) < 4.78 is 0. The van der Waals surface area contributed by atoms with Crippen molar-refractivity contribution in [2.24, 2.45) is 17.3 Å². The first-order chi connectivity index (χ1) is 14.0. The van der Waals surface area contributed by atoms with Gasteiger partial charge in [-0.2, -0.15) is 0 Å². The minimum absolute atomic E-state index is 0.440. The Bertz CT molecular complexity index is 692. The average molecular weight is 394 g/mol. The Morgan fingerprint density at radius 1 is 1.10 bits per heavy atom. The van der Waals surface area contributed by atoms with Crippen LogP contribution in [-0.2, 0) is 0 Å². The number of allylic oxidation sites excluding steroid dienone is 10. The van der Waals surface area contributed by atoms with Gasteiger partial charge < -0.3 is 4.90 Å². The van der Waals surface area contributed by atoms with Crippen molar-refractivity contribution in [3.05, 3.63) is 59.3 Å². The maximum Gasteiger partial charge on any atom is 0.0101 e. The SMILES string of the molecule is CC/C(C)=C/C=C(\CC)C1(C/C=C2/C=CC=CC2C(C)C(C)N2CCCC2)CC1. The van der Waals surface area contributed by atoms with Crippen LogP contribution in [0, 0.1) is 17.3 Å². The van der Waals surface area contributed by atoms with Gasteiger partial charge in [0.25, 0.3) is 0 Å². The van der Waals surface area contributed by atoms with Crippen LogP contribution in [-0.4, -0.2) is 24.0 Å². The molecule has 160 valence electrons. The molecule has 0 bridgehead atoms. The Morgan fingerprint density at radius 3 is 2.45 bits per heavy atom. The molecule has 0 radical (unpaired) electrons. The van der Waals surface area contributed by atoms with E-state index in [0.29, 0.717) is 23.3 Å². The molecule has 3 rings (SSSR count). The van der Waals surface area contributed by atoms with E-state index in [1.54, 1.807) is 11.1 Å². The summed E-state index contributed by atoms with van der Waals surface area (Å²) in [7, 11) is 0. The molecule has 2 fully saturated rings. The third-order valence-corrected chi connectivity index (χ3v) is 7.92. The summed E-state index contributed by atoms with van der Waals surface area (Å²) in [5.74, 6) is 1.22. The lowest BCUT2D eigenvalue weighted by Crippen LogP contribution is -2.38. The molecule has 3 aliphatic rings. The van der Waals surface area contributed by atoms with Gasteiger partial charge in [0.05, 0.1) is 0 Å². The molecular formula is C28H43N. The zero-order chi connectivity index (χ0) is 20.9. The largest absolute Gasteiger partial charge is 0.300 e. The minimum atomic E-state index is 0.440. The number of hydrogen-bond acceptors (Lipinski definition) is 1. The summed E-state index contributed by atoms with van der Waals surface area (Å²) in [5, 5.41) is 0. The van der Waals surface area contributed by atoms with Crippen molar-refractivity contribution in [3.8, 4) is 0 Å². The van der Waals surface area contributed by atoms with Gasteiger partial charge in [0.1, 0.15) is 0 Å². The van der Waals surface area contributed by atoms with E-state index in [0.717, 1.165) is 6.42 Å². The first-order valence-electron chi connectivity index (χ1n) is 12.2. The van der Waals surface area contributed by atoms with Gasteiger partial charge in [-0.25, -0.2) is 0 Å². The molecule has 1 saturated carbocycles. The summed E-state index contributed by atoms with van der Waals surface area (Å²) in [4.78, 5) is 2.71. The van der Waals surface area contributed by atoms with E-state index in [9.17, 15) is 0 Å². The molecule has 0 spiro atoms. The fourth-order valence-electron chi connectivity index (χ4n) is 5.19. The van der Waals surface area contributed by atoms with Crippen LogP contribution in [0.5, 0.6) is 0 Å². The molecule has 1 aliphatic heterocycles. The molecule has 1 nitrogen and oxygen atoms in total. The van der Waals surface area contributed by atoms with Gasteiger partial charge >= 0.3 is 0 Å². The van der Waals surface area contributed by atoms with E-state index in [4.69, 9.17) is 0 Å². The highest BCUT2D eigenvalue weighted by atomic mass is 15.2. The van der Waals surface area contributed by atoms with Gasteiger partial charge in [0.2, 0.25) is 0 Å². The fraction of sp³-hybridized carbons (Fsp3) is 0.643. The molecule has 1 heterocycles. The van der Waals surface area contributed by atoms with E-state index in [2.05, 4.69) is 82.1 Å². The lowest BCUT2D eigenvalue weighted by atomic mass is 9.78. The van der Waals surface area contributed by atoms with Gasteiger partial charge in [-0.1, -0.05) is 74.4 Å². The van der Waals surface area contributed by atoms with Crippen LogP contribution in [0.15, 0.2) is 59.3 Å². The summed E-state index contributed by atoms with van der Waals surface area (Å²) >= 11 is 0. The van der Waals surface area contributed by atoms with E-state index in [-0.39, 0.29) is 0 Å². The number of hydrogen-bond donors (Lipinski definition) is 0. The third kappa shape index (κ3) is 5.43. The molecule has 0 amide bonds. The maximum absolute atomic E-state index is 2.71. The zero-order valence-corrected chi connectivity index (χ0v) is 19.6. The van der Waals surface area contributed by atoms with Gasteiger partial charge in [-0.3, -0.25) is 0 Å². The zero-order valence-electron chi connectivity index (χ0n) is 19.6. The van der Waals surface area contributed by atoms with Crippen molar-refractivity contribution in [2.75, 3.05) is 13.1 Å². The Morgan fingerprint density at radius 2 is 1.83 bits per heavy atom. The molecule has 0 aromatic carbocycles. The van der Waals surface area contributed by atoms with E-state index in [1.807, 2.05) is 0 Å². The topological polar surface area (TPSA) is 3.24 Å². The standard InChI is InChI=1S/C28H43N/c1-6-22(3)14-15-26(7-2)28(18-19-28)17-16-25-12-8-9-13-27(25)23(4)24(5)29-20-10-11-21-29/h8-9,12-16,23-24,27H,6-7,10-11,17-21H2,1-5H3/b22-14+,25-16-,26-15+. The molecule has 0 N–H and O–H groups in total. The highest BCUT2D eigenvalue weighted by molar-refractivity contribution is 5.36. The van der Waals surface area contributed by atoms with Crippen molar-refractivity contribution >= 4 is 0 Å². The van der Waals surface area contributed by atoms with E-state index < -0.39 is 0 Å². The molecule has 0 aromatic rings. The van der Waals surface area contributed by atoms with Crippen molar-refractivity contribution in [2.45, 2.75) is 85.6 Å². The van der Waals surface area contributed by atoms with Gasteiger partial charge in [-0.15, -0.1) is 0 Å². The third-order valence-electron chi connectivity index (χ3n) is 7.92.